The number of aromatic nitrogens is 2. The van der Waals surface area contributed by atoms with Crippen molar-refractivity contribution in [3.63, 3.8) is 0 Å². The van der Waals surface area contributed by atoms with Gasteiger partial charge in [0.1, 0.15) is 0 Å². The van der Waals surface area contributed by atoms with Gasteiger partial charge in [-0.3, -0.25) is 16.0 Å². The minimum atomic E-state index is 0.124. The van der Waals surface area contributed by atoms with Crippen molar-refractivity contribution in [1.29, 1.82) is 0 Å². The maximum Gasteiger partial charge on any atom is 0.0850 e. The van der Waals surface area contributed by atoms with E-state index in [1.165, 1.54) is 0 Å². The van der Waals surface area contributed by atoms with Crippen molar-refractivity contribution in [2.45, 2.75) is 58.7 Å². The maximum absolute atomic E-state index is 6.40. The normalized spacial score (nSPS) is 14.6. The highest BCUT2D eigenvalue weighted by Crippen LogP contribution is 2.23. The zero-order valence-electron chi connectivity index (χ0n) is 12.2. The molecule has 0 bridgehead atoms. The fourth-order valence-corrected chi connectivity index (χ4v) is 2.50. The fraction of sp³-hybridized carbons (Fsp3) is 0.769. The van der Waals surface area contributed by atoms with Crippen molar-refractivity contribution in [2.75, 3.05) is 7.11 Å². The van der Waals surface area contributed by atoms with Crippen LogP contribution in [-0.4, -0.2) is 29.0 Å². The van der Waals surface area contributed by atoms with E-state index in [0.717, 1.165) is 42.2 Å². The lowest BCUT2D eigenvalue weighted by atomic mass is 10.0. The van der Waals surface area contributed by atoms with Crippen molar-refractivity contribution < 1.29 is 4.74 Å². The molecule has 0 aliphatic carbocycles. The average molecular weight is 289 g/mol. The second kappa shape index (κ2) is 7.85. The summed E-state index contributed by atoms with van der Waals surface area (Å²) in [6.07, 6.45) is 2.58. The molecule has 0 radical (unpaired) electrons. The van der Waals surface area contributed by atoms with Gasteiger partial charge >= 0.3 is 0 Å². The highest BCUT2D eigenvalue weighted by Gasteiger charge is 2.19. The van der Waals surface area contributed by atoms with Gasteiger partial charge in [-0.2, -0.15) is 5.10 Å². The Bertz CT molecular complexity index is 394. The van der Waals surface area contributed by atoms with Crippen LogP contribution in [0.5, 0.6) is 0 Å². The summed E-state index contributed by atoms with van der Waals surface area (Å²) in [7, 11) is 1.71. The van der Waals surface area contributed by atoms with E-state index in [2.05, 4.69) is 24.4 Å². The second-order valence-corrected chi connectivity index (χ2v) is 5.10. The molecule has 0 saturated carbocycles. The molecular weight excluding hydrogens is 264 g/mol. The van der Waals surface area contributed by atoms with E-state index in [1.807, 2.05) is 11.6 Å². The molecule has 0 aliphatic rings. The lowest BCUT2D eigenvalue weighted by Crippen LogP contribution is -2.39. The number of ether oxygens (including phenoxy) is 1. The van der Waals surface area contributed by atoms with Crippen LogP contribution in [0.3, 0.4) is 0 Å². The van der Waals surface area contributed by atoms with Crippen molar-refractivity contribution in [3.05, 3.63) is 16.4 Å². The Labute approximate surface area is 120 Å². The standard InChI is InChI=1S/C13H25ClN4O/c1-5-11-13(14)12(18(6-2)17-11)8-10(16-15)7-9(3)19-4/h9-10,16H,5-8,15H2,1-4H3. The smallest absolute Gasteiger partial charge is 0.0850 e. The number of halogens is 1. The Hall–Kier alpha value is -0.620. The van der Waals surface area contributed by atoms with Crippen LogP contribution in [0.2, 0.25) is 5.02 Å². The van der Waals surface area contributed by atoms with Crippen LogP contribution in [0.1, 0.15) is 38.6 Å². The predicted octanol–water partition coefficient (Wildman–Crippen LogP) is 1.92. The number of nitrogens with two attached hydrogens (primary N) is 1. The van der Waals surface area contributed by atoms with Crippen molar-refractivity contribution in [2.24, 2.45) is 5.84 Å². The molecule has 1 heterocycles. The molecule has 1 aromatic heterocycles. The molecular formula is C13H25ClN4O. The van der Waals surface area contributed by atoms with E-state index in [-0.39, 0.29) is 12.1 Å². The largest absolute Gasteiger partial charge is 0.382 e. The van der Waals surface area contributed by atoms with Gasteiger partial charge in [0, 0.05) is 26.1 Å². The summed E-state index contributed by atoms with van der Waals surface area (Å²) in [6.45, 7) is 6.96. The molecule has 2 atom stereocenters. The molecule has 6 heteroatoms. The number of nitrogens with one attached hydrogen (secondary N) is 1. The summed E-state index contributed by atoms with van der Waals surface area (Å²) < 4.78 is 7.24. The van der Waals surface area contributed by atoms with E-state index < -0.39 is 0 Å². The third-order valence-corrected chi connectivity index (χ3v) is 3.82. The summed E-state index contributed by atoms with van der Waals surface area (Å²) in [4.78, 5) is 0. The number of hydrazine groups is 1. The van der Waals surface area contributed by atoms with E-state index in [4.69, 9.17) is 22.2 Å². The summed E-state index contributed by atoms with van der Waals surface area (Å²) in [6, 6.07) is 0.124. The number of nitrogens with zero attached hydrogens (tertiary/aromatic N) is 2. The van der Waals surface area contributed by atoms with Gasteiger partial charge in [0.15, 0.2) is 0 Å². The van der Waals surface area contributed by atoms with Crippen LogP contribution in [0.4, 0.5) is 0 Å². The Balaban J connectivity index is 2.86. The topological polar surface area (TPSA) is 65.1 Å². The second-order valence-electron chi connectivity index (χ2n) is 4.73. The number of hydrogen-bond acceptors (Lipinski definition) is 4. The number of hydrogen-bond donors (Lipinski definition) is 2. The molecule has 0 aromatic carbocycles. The maximum atomic E-state index is 6.40. The molecule has 19 heavy (non-hydrogen) atoms. The van der Waals surface area contributed by atoms with Crippen LogP contribution in [0.15, 0.2) is 0 Å². The summed E-state index contributed by atoms with van der Waals surface area (Å²) >= 11 is 6.40. The first-order chi connectivity index (χ1) is 9.07. The number of aryl methyl sites for hydroxylation is 2. The SMILES string of the molecule is CCc1nn(CC)c(CC(CC(C)OC)NN)c1Cl. The van der Waals surface area contributed by atoms with E-state index in [9.17, 15) is 0 Å². The molecule has 2 unspecified atom stereocenters. The van der Waals surface area contributed by atoms with Crippen LogP contribution < -0.4 is 11.3 Å². The number of rotatable bonds is 8. The molecule has 0 amide bonds. The van der Waals surface area contributed by atoms with Gasteiger partial charge in [-0.15, -0.1) is 0 Å². The molecule has 5 nitrogen and oxygen atoms in total. The Morgan fingerprint density at radius 2 is 2.16 bits per heavy atom. The third-order valence-electron chi connectivity index (χ3n) is 3.39. The van der Waals surface area contributed by atoms with Crippen LogP contribution in [0.25, 0.3) is 0 Å². The summed E-state index contributed by atoms with van der Waals surface area (Å²) in [5, 5.41) is 5.29. The van der Waals surface area contributed by atoms with Crippen LogP contribution >= 0.6 is 11.6 Å². The van der Waals surface area contributed by atoms with Crippen molar-refractivity contribution in [3.8, 4) is 0 Å². The van der Waals surface area contributed by atoms with Gasteiger partial charge in [-0.25, -0.2) is 0 Å². The monoisotopic (exact) mass is 288 g/mol. The number of methoxy groups -OCH3 is 1. The zero-order valence-corrected chi connectivity index (χ0v) is 13.0. The average Bonchev–Trinajstić information content (AvgIpc) is 2.73. The Morgan fingerprint density at radius 3 is 2.63 bits per heavy atom. The van der Waals surface area contributed by atoms with Crippen LogP contribution in [-0.2, 0) is 24.1 Å². The predicted molar refractivity (Wildman–Crippen MR) is 78.2 cm³/mol. The Morgan fingerprint density at radius 1 is 1.47 bits per heavy atom. The highest BCUT2D eigenvalue weighted by molar-refractivity contribution is 6.31. The molecule has 3 N–H and O–H groups in total. The quantitative estimate of drug-likeness (QED) is 0.567. The van der Waals surface area contributed by atoms with Crippen LogP contribution in [0, 0.1) is 0 Å². The molecule has 110 valence electrons. The van der Waals surface area contributed by atoms with Crippen molar-refractivity contribution >= 4 is 11.6 Å². The first-order valence-electron chi connectivity index (χ1n) is 6.80. The molecule has 0 saturated heterocycles. The van der Waals surface area contributed by atoms with Gasteiger partial charge in [0.25, 0.3) is 0 Å². The van der Waals surface area contributed by atoms with Gasteiger partial charge in [-0.05, 0) is 26.7 Å². The van der Waals surface area contributed by atoms with Gasteiger partial charge in [-0.1, -0.05) is 18.5 Å². The first-order valence-corrected chi connectivity index (χ1v) is 7.18. The third kappa shape index (κ3) is 4.18. The van der Waals surface area contributed by atoms with Gasteiger partial charge in [0.05, 0.1) is 22.5 Å². The van der Waals surface area contributed by atoms with Gasteiger partial charge < -0.3 is 4.74 Å². The lowest BCUT2D eigenvalue weighted by Gasteiger charge is -2.20. The zero-order chi connectivity index (χ0) is 14.4. The summed E-state index contributed by atoms with van der Waals surface area (Å²) in [5.74, 6) is 5.63. The Kier molecular flexibility index (Phi) is 6.79. The molecule has 0 fully saturated rings. The lowest BCUT2D eigenvalue weighted by molar-refractivity contribution is 0.100. The molecule has 0 aliphatic heterocycles. The molecule has 1 rings (SSSR count). The highest BCUT2D eigenvalue weighted by atomic mass is 35.5. The van der Waals surface area contributed by atoms with Crippen molar-refractivity contribution in [1.82, 2.24) is 15.2 Å². The molecule has 1 aromatic rings. The fourth-order valence-electron chi connectivity index (χ4n) is 2.15. The minimum absolute atomic E-state index is 0.124. The molecule has 0 spiro atoms. The minimum Gasteiger partial charge on any atom is -0.382 e. The first kappa shape index (κ1) is 16.4. The summed E-state index contributed by atoms with van der Waals surface area (Å²) in [5.41, 5.74) is 4.84. The van der Waals surface area contributed by atoms with E-state index >= 15 is 0 Å². The van der Waals surface area contributed by atoms with Gasteiger partial charge in [0.2, 0.25) is 0 Å². The van der Waals surface area contributed by atoms with E-state index in [0.29, 0.717) is 0 Å². The van der Waals surface area contributed by atoms with E-state index in [1.54, 1.807) is 7.11 Å².